The molecule has 1 aliphatic heterocycles. The summed E-state index contributed by atoms with van der Waals surface area (Å²) in [7, 11) is 0. The van der Waals surface area contributed by atoms with Gasteiger partial charge in [-0.3, -0.25) is 9.88 Å². The first kappa shape index (κ1) is 19.9. The monoisotopic (exact) mass is 417 g/mol. The van der Waals surface area contributed by atoms with E-state index in [1.807, 2.05) is 26.0 Å². The number of hydrogen-bond acceptors (Lipinski definition) is 6. The van der Waals surface area contributed by atoms with Gasteiger partial charge in [0.2, 0.25) is 0 Å². The number of hydrogen-bond donors (Lipinski definition) is 2. The predicted molar refractivity (Wildman–Crippen MR) is 112 cm³/mol. The van der Waals surface area contributed by atoms with E-state index in [1.54, 1.807) is 12.4 Å². The molecule has 0 aliphatic carbocycles. The van der Waals surface area contributed by atoms with Crippen molar-refractivity contribution in [2.45, 2.75) is 26.4 Å². The number of H-pyrrole nitrogens is 2. The fourth-order valence-electron chi connectivity index (χ4n) is 3.33. The number of aromatic nitrogens is 4. The van der Waals surface area contributed by atoms with Gasteiger partial charge in [-0.05, 0) is 26.0 Å². The Kier molecular flexibility index (Phi) is 6.13. The average Bonchev–Trinajstić information content (AvgIpc) is 3.17. The number of halogens is 1. The quantitative estimate of drug-likeness (QED) is 0.614. The number of nitrogens with zero attached hydrogens (tertiary/aromatic N) is 3. The molecule has 8 nitrogen and oxygen atoms in total. The van der Waals surface area contributed by atoms with E-state index in [1.165, 1.54) is 0 Å². The number of imidazole rings is 1. The zero-order chi connectivity index (χ0) is 20.2. The minimum atomic E-state index is 0.0915. The lowest BCUT2D eigenvalue weighted by atomic mass is 10.2. The molecule has 1 fully saturated rings. The molecule has 0 saturated carbocycles. The summed E-state index contributed by atoms with van der Waals surface area (Å²) < 4.78 is 11.1. The molecule has 1 aliphatic rings. The molecule has 154 valence electrons. The maximum absolute atomic E-state index is 6.43. The molecule has 9 heteroatoms. The summed E-state index contributed by atoms with van der Waals surface area (Å²) in [6.45, 7) is 8.38. The second-order valence-corrected chi connectivity index (χ2v) is 7.69. The van der Waals surface area contributed by atoms with Gasteiger partial charge < -0.3 is 14.8 Å². The molecule has 1 aromatic carbocycles. The third-order valence-electron chi connectivity index (χ3n) is 4.74. The Morgan fingerprint density at radius 3 is 2.90 bits per heavy atom. The van der Waals surface area contributed by atoms with Gasteiger partial charge in [0.25, 0.3) is 0 Å². The molecule has 1 saturated heterocycles. The van der Waals surface area contributed by atoms with Gasteiger partial charge in [0, 0.05) is 32.1 Å². The van der Waals surface area contributed by atoms with Crippen molar-refractivity contribution in [3.05, 3.63) is 35.2 Å². The van der Waals surface area contributed by atoms with Gasteiger partial charge in [-0.1, -0.05) is 16.6 Å². The van der Waals surface area contributed by atoms with E-state index >= 15 is 0 Å². The van der Waals surface area contributed by atoms with E-state index in [4.69, 9.17) is 26.1 Å². The molecule has 29 heavy (non-hydrogen) atoms. The molecule has 0 atom stereocenters. The molecule has 0 unspecified atom stereocenters. The van der Waals surface area contributed by atoms with E-state index in [2.05, 4.69) is 25.2 Å². The maximum atomic E-state index is 6.43. The van der Waals surface area contributed by atoms with Crippen LogP contribution in [0.5, 0.6) is 5.75 Å². The van der Waals surface area contributed by atoms with Crippen molar-refractivity contribution in [1.82, 2.24) is 19.9 Å². The second kappa shape index (κ2) is 8.94. The first-order valence-electron chi connectivity index (χ1n) is 9.87. The number of benzene rings is 1. The number of anilines is 2. The van der Waals surface area contributed by atoms with Gasteiger partial charge in [0.1, 0.15) is 5.75 Å². The van der Waals surface area contributed by atoms with Crippen LogP contribution in [0.4, 0.5) is 11.6 Å². The highest BCUT2D eigenvalue weighted by Gasteiger charge is 2.18. The highest BCUT2D eigenvalue weighted by atomic mass is 35.5. The molecular weight excluding hydrogens is 392 g/mol. The molecule has 0 amide bonds. The van der Waals surface area contributed by atoms with Gasteiger partial charge in [-0.2, -0.15) is 4.98 Å². The van der Waals surface area contributed by atoms with Crippen LogP contribution in [0.2, 0.25) is 5.02 Å². The Morgan fingerprint density at radius 2 is 2.14 bits per heavy atom. The normalized spacial score (nSPS) is 15.2. The summed E-state index contributed by atoms with van der Waals surface area (Å²) in [5.41, 5.74) is 3.38. The number of fused-ring (bicyclic) bond motifs is 1. The summed E-state index contributed by atoms with van der Waals surface area (Å²) >= 11 is 6.43. The van der Waals surface area contributed by atoms with E-state index < -0.39 is 0 Å². The average molecular weight is 418 g/mol. The van der Waals surface area contributed by atoms with Crippen LogP contribution in [0.15, 0.2) is 24.5 Å². The zero-order valence-electron chi connectivity index (χ0n) is 16.7. The highest BCUT2D eigenvalue weighted by molar-refractivity contribution is 6.33. The van der Waals surface area contributed by atoms with Crippen LogP contribution in [-0.2, 0) is 11.2 Å². The molecule has 3 aromatic rings. The topological polar surface area (TPSA) is 89.4 Å². The first-order chi connectivity index (χ1) is 14.1. The van der Waals surface area contributed by atoms with E-state index in [0.29, 0.717) is 11.0 Å². The Hall–Kier alpha value is -2.42. The summed E-state index contributed by atoms with van der Waals surface area (Å²) in [4.78, 5) is 18.0. The fraction of sp³-hybridized carbons (Fsp3) is 0.450. The van der Waals surface area contributed by atoms with Gasteiger partial charge in [-0.25, -0.2) is 4.98 Å². The van der Waals surface area contributed by atoms with Crippen molar-refractivity contribution in [1.29, 1.82) is 0 Å². The molecule has 2 aromatic heterocycles. The van der Waals surface area contributed by atoms with E-state index in [0.717, 1.165) is 67.6 Å². The summed E-state index contributed by atoms with van der Waals surface area (Å²) in [5, 5.41) is 3.79. The van der Waals surface area contributed by atoms with Crippen molar-refractivity contribution in [2.75, 3.05) is 38.2 Å². The Morgan fingerprint density at radius 1 is 1.31 bits per heavy atom. The van der Waals surface area contributed by atoms with Crippen LogP contribution >= 0.6 is 11.6 Å². The predicted octanol–water partition coefficient (Wildman–Crippen LogP) is 2.83. The molecule has 4 rings (SSSR count). The van der Waals surface area contributed by atoms with E-state index in [-0.39, 0.29) is 6.10 Å². The van der Waals surface area contributed by atoms with Crippen LogP contribution in [0, 0.1) is 0 Å². The fourth-order valence-corrected chi connectivity index (χ4v) is 3.55. The van der Waals surface area contributed by atoms with Crippen LogP contribution in [0.25, 0.3) is 11.2 Å². The molecular formula is C20H26ClN6O2+. The van der Waals surface area contributed by atoms with Crippen LogP contribution < -0.4 is 15.0 Å². The van der Waals surface area contributed by atoms with Crippen molar-refractivity contribution in [2.24, 2.45) is 0 Å². The Labute approximate surface area is 174 Å². The maximum Gasteiger partial charge on any atom is 0.305 e. The molecule has 0 spiro atoms. The lowest BCUT2D eigenvalue weighted by molar-refractivity contribution is -0.347. The highest BCUT2D eigenvalue weighted by Crippen LogP contribution is 2.29. The first-order valence-corrected chi connectivity index (χ1v) is 10.3. The lowest BCUT2D eigenvalue weighted by Crippen LogP contribution is -2.37. The van der Waals surface area contributed by atoms with Crippen molar-refractivity contribution in [3.8, 4) is 5.75 Å². The number of morpholine rings is 1. The number of aromatic amines is 2. The summed E-state index contributed by atoms with van der Waals surface area (Å²) in [5.74, 6) is 1.24. The number of rotatable bonds is 7. The van der Waals surface area contributed by atoms with Gasteiger partial charge in [0.05, 0.1) is 35.7 Å². The minimum Gasteiger partial charge on any atom is -0.491 e. The molecule has 3 N–H and O–H groups in total. The zero-order valence-corrected chi connectivity index (χ0v) is 17.4. The van der Waals surface area contributed by atoms with Crippen molar-refractivity contribution >= 4 is 34.4 Å². The molecule has 0 bridgehead atoms. The Bertz CT molecular complexity index is 971. The smallest absolute Gasteiger partial charge is 0.305 e. The second-order valence-electron chi connectivity index (χ2n) is 7.29. The van der Waals surface area contributed by atoms with Gasteiger partial charge in [0.15, 0.2) is 11.8 Å². The third-order valence-corrected chi connectivity index (χ3v) is 5.05. The SMILES string of the molecule is CC(C)Oc1ccc(Nc2nc(CCN3CCOCC3)c3[nH]c[nH+]c3n2)c(Cl)c1. The van der Waals surface area contributed by atoms with Crippen LogP contribution in [-0.4, -0.2) is 58.8 Å². The minimum absolute atomic E-state index is 0.0915. The number of nitrogens with one attached hydrogen (secondary N) is 3. The lowest BCUT2D eigenvalue weighted by Gasteiger charge is -2.26. The third kappa shape index (κ3) is 4.95. The van der Waals surface area contributed by atoms with Gasteiger partial charge in [-0.15, -0.1) is 0 Å². The standard InChI is InChI=1S/C20H25ClN6O2/c1-13(2)29-14-3-4-16(15(21)11-14)24-20-25-17(18-19(26-20)23-12-22-18)5-6-27-7-9-28-10-8-27/h3-4,11-13H,5-10H2,1-2H3,(H2,22,23,24,25,26)/p+1. The number of ether oxygens (including phenoxy) is 2. The van der Waals surface area contributed by atoms with Crippen molar-refractivity contribution in [3.63, 3.8) is 0 Å². The van der Waals surface area contributed by atoms with Gasteiger partial charge >= 0.3 is 11.6 Å². The molecule has 3 heterocycles. The van der Waals surface area contributed by atoms with Crippen LogP contribution in [0.1, 0.15) is 19.5 Å². The largest absolute Gasteiger partial charge is 0.491 e. The van der Waals surface area contributed by atoms with Crippen LogP contribution in [0.3, 0.4) is 0 Å². The van der Waals surface area contributed by atoms with Crippen molar-refractivity contribution < 1.29 is 14.5 Å². The molecule has 0 radical (unpaired) electrons. The van der Waals surface area contributed by atoms with E-state index in [9.17, 15) is 0 Å². The summed E-state index contributed by atoms with van der Waals surface area (Å²) in [6.07, 6.45) is 2.68. The summed E-state index contributed by atoms with van der Waals surface area (Å²) in [6, 6.07) is 5.56. The Balaban J connectivity index is 1.53.